The van der Waals surface area contributed by atoms with Crippen molar-refractivity contribution in [1.29, 1.82) is 5.26 Å². The van der Waals surface area contributed by atoms with Gasteiger partial charge in [-0.1, -0.05) is 42.5 Å². The standard InChI is InChI=1S/C16H14N2O/c17-11-14-8-6-13(7-9-14)10-16(19)18-12-15-4-2-1-3-5-15/h1-9H,10,12H2,(H,18,19). The maximum atomic E-state index is 11.8. The van der Waals surface area contributed by atoms with E-state index in [1.807, 2.05) is 30.3 Å². The van der Waals surface area contributed by atoms with Crippen LogP contribution in [-0.2, 0) is 17.8 Å². The third-order valence-corrected chi connectivity index (χ3v) is 2.78. The maximum Gasteiger partial charge on any atom is 0.224 e. The summed E-state index contributed by atoms with van der Waals surface area (Å²) in [6.07, 6.45) is 0.332. The number of hydrogen-bond acceptors (Lipinski definition) is 2. The summed E-state index contributed by atoms with van der Waals surface area (Å²) in [6, 6.07) is 18.9. The molecule has 0 aliphatic rings. The molecule has 2 aromatic rings. The van der Waals surface area contributed by atoms with Gasteiger partial charge in [0.05, 0.1) is 18.1 Å². The summed E-state index contributed by atoms with van der Waals surface area (Å²) in [7, 11) is 0. The van der Waals surface area contributed by atoms with Gasteiger partial charge in [0.15, 0.2) is 0 Å². The fourth-order valence-corrected chi connectivity index (χ4v) is 1.74. The molecule has 0 unspecified atom stereocenters. The molecule has 0 saturated carbocycles. The van der Waals surface area contributed by atoms with E-state index in [1.54, 1.807) is 24.3 Å². The van der Waals surface area contributed by atoms with Gasteiger partial charge in [-0.3, -0.25) is 4.79 Å². The first-order valence-corrected chi connectivity index (χ1v) is 6.07. The Morgan fingerprint density at radius 1 is 1.00 bits per heavy atom. The summed E-state index contributed by atoms with van der Waals surface area (Å²) in [4.78, 5) is 11.8. The summed E-state index contributed by atoms with van der Waals surface area (Å²) < 4.78 is 0. The first-order chi connectivity index (χ1) is 9.28. The molecule has 94 valence electrons. The minimum Gasteiger partial charge on any atom is -0.352 e. The van der Waals surface area contributed by atoms with Gasteiger partial charge in [0.2, 0.25) is 5.91 Å². The normalized spacial score (nSPS) is 9.63. The summed E-state index contributed by atoms with van der Waals surface area (Å²) in [5.41, 5.74) is 2.59. The Hall–Kier alpha value is -2.60. The smallest absolute Gasteiger partial charge is 0.224 e. The molecule has 3 heteroatoms. The van der Waals surface area contributed by atoms with E-state index >= 15 is 0 Å². The molecule has 1 amide bonds. The molecule has 0 bridgehead atoms. The number of rotatable bonds is 4. The fourth-order valence-electron chi connectivity index (χ4n) is 1.74. The monoisotopic (exact) mass is 250 g/mol. The predicted molar refractivity (Wildman–Crippen MR) is 73.1 cm³/mol. The van der Waals surface area contributed by atoms with Crippen LogP contribution in [0.25, 0.3) is 0 Å². The molecule has 0 spiro atoms. The van der Waals surface area contributed by atoms with Gasteiger partial charge < -0.3 is 5.32 Å². The molecule has 0 heterocycles. The quantitative estimate of drug-likeness (QED) is 0.906. The molecule has 19 heavy (non-hydrogen) atoms. The molecule has 0 saturated heterocycles. The largest absolute Gasteiger partial charge is 0.352 e. The van der Waals surface area contributed by atoms with Crippen LogP contribution in [0.4, 0.5) is 0 Å². The highest BCUT2D eigenvalue weighted by atomic mass is 16.1. The zero-order valence-electron chi connectivity index (χ0n) is 10.5. The lowest BCUT2D eigenvalue weighted by atomic mass is 10.1. The summed E-state index contributed by atoms with van der Waals surface area (Å²) >= 11 is 0. The fraction of sp³-hybridized carbons (Fsp3) is 0.125. The first kappa shape index (κ1) is 12.8. The van der Waals surface area contributed by atoms with Gasteiger partial charge in [0.25, 0.3) is 0 Å². The van der Waals surface area contributed by atoms with E-state index in [2.05, 4.69) is 11.4 Å². The highest BCUT2D eigenvalue weighted by Gasteiger charge is 2.03. The Morgan fingerprint density at radius 2 is 1.68 bits per heavy atom. The van der Waals surface area contributed by atoms with E-state index < -0.39 is 0 Å². The van der Waals surface area contributed by atoms with Crippen molar-refractivity contribution in [3.8, 4) is 6.07 Å². The van der Waals surface area contributed by atoms with E-state index in [4.69, 9.17) is 5.26 Å². The van der Waals surface area contributed by atoms with E-state index in [1.165, 1.54) is 0 Å². The van der Waals surface area contributed by atoms with Gasteiger partial charge in [-0.25, -0.2) is 0 Å². The van der Waals surface area contributed by atoms with Crippen molar-refractivity contribution in [2.45, 2.75) is 13.0 Å². The molecular weight excluding hydrogens is 236 g/mol. The van der Waals surface area contributed by atoms with Crippen molar-refractivity contribution < 1.29 is 4.79 Å². The van der Waals surface area contributed by atoms with E-state index in [9.17, 15) is 4.79 Å². The molecular formula is C16H14N2O. The zero-order chi connectivity index (χ0) is 13.5. The van der Waals surface area contributed by atoms with Crippen molar-refractivity contribution in [1.82, 2.24) is 5.32 Å². The number of benzene rings is 2. The molecule has 2 rings (SSSR count). The van der Waals surface area contributed by atoms with Crippen molar-refractivity contribution in [2.75, 3.05) is 0 Å². The molecule has 0 atom stereocenters. The van der Waals surface area contributed by atoms with E-state index in [-0.39, 0.29) is 5.91 Å². The Bertz CT molecular complexity index is 582. The lowest BCUT2D eigenvalue weighted by molar-refractivity contribution is -0.120. The minimum atomic E-state index is -0.0199. The molecule has 0 aliphatic carbocycles. The summed E-state index contributed by atoms with van der Waals surface area (Å²) in [5.74, 6) is -0.0199. The van der Waals surface area contributed by atoms with Gasteiger partial charge >= 0.3 is 0 Å². The molecule has 0 aliphatic heterocycles. The van der Waals surface area contributed by atoms with Gasteiger partial charge in [-0.05, 0) is 23.3 Å². The van der Waals surface area contributed by atoms with Crippen LogP contribution < -0.4 is 5.32 Å². The van der Waals surface area contributed by atoms with Crippen LogP contribution in [0.5, 0.6) is 0 Å². The molecule has 0 radical (unpaired) electrons. The van der Waals surface area contributed by atoms with Crippen LogP contribution >= 0.6 is 0 Å². The molecule has 3 nitrogen and oxygen atoms in total. The van der Waals surface area contributed by atoms with Gasteiger partial charge in [-0.2, -0.15) is 5.26 Å². The van der Waals surface area contributed by atoms with Crippen LogP contribution in [0.3, 0.4) is 0 Å². The lowest BCUT2D eigenvalue weighted by Gasteiger charge is -2.05. The molecule has 1 N–H and O–H groups in total. The maximum absolute atomic E-state index is 11.8. The second kappa shape index (κ2) is 6.36. The first-order valence-electron chi connectivity index (χ1n) is 6.07. The van der Waals surface area contributed by atoms with Crippen LogP contribution in [0.2, 0.25) is 0 Å². The third-order valence-electron chi connectivity index (χ3n) is 2.78. The number of nitriles is 1. The molecule has 0 aromatic heterocycles. The predicted octanol–water partition coefficient (Wildman–Crippen LogP) is 2.42. The minimum absolute atomic E-state index is 0.0199. The van der Waals surface area contributed by atoms with Crippen molar-refractivity contribution in [2.24, 2.45) is 0 Å². The number of carbonyl (C=O) groups is 1. The number of hydrogen-bond donors (Lipinski definition) is 1. The molecule has 0 fully saturated rings. The van der Waals surface area contributed by atoms with Crippen molar-refractivity contribution >= 4 is 5.91 Å². The SMILES string of the molecule is N#Cc1ccc(CC(=O)NCc2ccccc2)cc1. The zero-order valence-corrected chi connectivity index (χ0v) is 10.5. The van der Waals surface area contributed by atoms with Gasteiger partial charge in [0, 0.05) is 6.54 Å². The topological polar surface area (TPSA) is 52.9 Å². The number of nitrogens with one attached hydrogen (secondary N) is 1. The van der Waals surface area contributed by atoms with Gasteiger partial charge in [-0.15, -0.1) is 0 Å². The highest BCUT2D eigenvalue weighted by molar-refractivity contribution is 5.78. The summed E-state index contributed by atoms with van der Waals surface area (Å²) in [5, 5.41) is 11.6. The van der Waals surface area contributed by atoms with Gasteiger partial charge in [0.1, 0.15) is 0 Å². The summed E-state index contributed by atoms with van der Waals surface area (Å²) in [6.45, 7) is 0.538. The Morgan fingerprint density at radius 3 is 2.32 bits per heavy atom. The lowest BCUT2D eigenvalue weighted by Crippen LogP contribution is -2.24. The number of carbonyl (C=O) groups excluding carboxylic acids is 1. The third kappa shape index (κ3) is 3.97. The average Bonchev–Trinajstić information content (AvgIpc) is 2.47. The number of amides is 1. The highest BCUT2D eigenvalue weighted by Crippen LogP contribution is 2.04. The second-order valence-corrected chi connectivity index (χ2v) is 4.25. The Balaban J connectivity index is 1.86. The van der Waals surface area contributed by atoms with E-state index in [0.29, 0.717) is 18.5 Å². The van der Waals surface area contributed by atoms with Crippen LogP contribution in [0, 0.1) is 11.3 Å². The van der Waals surface area contributed by atoms with Crippen LogP contribution in [0.1, 0.15) is 16.7 Å². The van der Waals surface area contributed by atoms with Crippen LogP contribution in [-0.4, -0.2) is 5.91 Å². The number of nitrogens with zero attached hydrogens (tertiary/aromatic N) is 1. The second-order valence-electron chi connectivity index (χ2n) is 4.25. The van der Waals surface area contributed by atoms with E-state index in [0.717, 1.165) is 11.1 Å². The van der Waals surface area contributed by atoms with Crippen molar-refractivity contribution in [3.63, 3.8) is 0 Å². The van der Waals surface area contributed by atoms with Crippen LogP contribution in [0.15, 0.2) is 54.6 Å². The Kier molecular flexibility index (Phi) is 4.30. The average molecular weight is 250 g/mol. The molecule has 2 aromatic carbocycles. The Labute approximate surface area is 112 Å². The van der Waals surface area contributed by atoms with Crippen molar-refractivity contribution in [3.05, 3.63) is 71.3 Å².